The summed E-state index contributed by atoms with van der Waals surface area (Å²) in [5.41, 5.74) is 7.73. The first kappa shape index (κ1) is 17.5. The molecule has 1 fully saturated rings. The van der Waals surface area contributed by atoms with Gasteiger partial charge >= 0.3 is 5.97 Å². The summed E-state index contributed by atoms with van der Waals surface area (Å²) < 4.78 is 4.75. The molecular weight excluding hydrogens is 340 g/mol. The lowest BCUT2D eigenvalue weighted by atomic mass is 9.95. The van der Waals surface area contributed by atoms with Crippen LogP contribution in [0.2, 0.25) is 5.02 Å². The minimum absolute atomic E-state index is 0.0974. The van der Waals surface area contributed by atoms with Gasteiger partial charge in [0.05, 0.1) is 18.1 Å². The number of nitrogens with two attached hydrogens (primary N) is 1. The number of carbonyl (C=O) groups excluding carboxylic acids is 2. The van der Waals surface area contributed by atoms with Gasteiger partial charge in [-0.05, 0) is 54.3 Å². The van der Waals surface area contributed by atoms with Gasteiger partial charge in [-0.2, -0.15) is 0 Å². The highest BCUT2D eigenvalue weighted by Gasteiger charge is 2.51. The van der Waals surface area contributed by atoms with E-state index < -0.39 is 11.4 Å². The highest BCUT2D eigenvalue weighted by Crippen LogP contribution is 2.49. The molecule has 1 aliphatic rings. The van der Waals surface area contributed by atoms with Gasteiger partial charge in [0.1, 0.15) is 0 Å². The Morgan fingerprint density at radius 1 is 1.20 bits per heavy atom. The van der Waals surface area contributed by atoms with Crippen LogP contribution >= 0.6 is 11.6 Å². The third-order valence-electron chi connectivity index (χ3n) is 4.49. The summed E-state index contributed by atoms with van der Waals surface area (Å²) in [7, 11) is 1.31. The molecule has 1 saturated carbocycles. The summed E-state index contributed by atoms with van der Waals surface area (Å²) in [5.74, 6) is -0.565. The van der Waals surface area contributed by atoms with E-state index >= 15 is 0 Å². The average Bonchev–Trinajstić information content (AvgIpc) is 3.43. The van der Waals surface area contributed by atoms with Crippen LogP contribution in [-0.2, 0) is 21.5 Å². The zero-order valence-electron chi connectivity index (χ0n) is 13.8. The van der Waals surface area contributed by atoms with Crippen LogP contribution in [0.4, 0.5) is 5.69 Å². The van der Waals surface area contributed by atoms with Crippen LogP contribution in [0.25, 0.3) is 0 Å². The number of esters is 1. The van der Waals surface area contributed by atoms with Crippen molar-refractivity contribution in [3.05, 3.63) is 64.2 Å². The number of carbonyl (C=O) groups is 2. The van der Waals surface area contributed by atoms with E-state index in [-0.39, 0.29) is 12.5 Å². The molecule has 0 bridgehead atoms. The highest BCUT2D eigenvalue weighted by molar-refractivity contribution is 6.30. The number of anilines is 1. The molecule has 25 heavy (non-hydrogen) atoms. The van der Waals surface area contributed by atoms with Crippen LogP contribution in [0.5, 0.6) is 0 Å². The van der Waals surface area contributed by atoms with E-state index in [0.29, 0.717) is 16.3 Å². The number of hydrogen-bond donors (Lipinski definition) is 2. The van der Waals surface area contributed by atoms with Gasteiger partial charge in [-0.1, -0.05) is 23.7 Å². The second kappa shape index (κ2) is 6.86. The molecule has 1 aliphatic carbocycles. The Hall–Kier alpha value is -2.37. The molecular formula is C19H19ClN2O3. The summed E-state index contributed by atoms with van der Waals surface area (Å²) in [4.78, 5) is 24.6. The summed E-state index contributed by atoms with van der Waals surface area (Å²) >= 11 is 5.93. The van der Waals surface area contributed by atoms with Crippen molar-refractivity contribution < 1.29 is 14.3 Å². The molecule has 6 heteroatoms. The van der Waals surface area contributed by atoms with Gasteiger partial charge in [-0.3, -0.25) is 4.79 Å². The summed E-state index contributed by atoms with van der Waals surface area (Å²) in [6.07, 6.45) is 1.56. The summed E-state index contributed by atoms with van der Waals surface area (Å²) in [5, 5.41) is 3.55. The predicted octanol–water partition coefficient (Wildman–Crippen LogP) is 3.26. The molecule has 0 saturated heterocycles. The molecule has 0 radical (unpaired) electrons. The standard InChI is InChI=1S/C19H19ClN2O3/c1-25-17(23)13-8-12(11-21)9-16(10-13)22-18(24)19(6-7-19)14-2-4-15(20)5-3-14/h2-5,8-10H,6-7,11,21H2,1H3,(H,22,24). The van der Waals surface area contributed by atoms with Crippen molar-refractivity contribution in [1.82, 2.24) is 0 Å². The molecule has 2 aromatic carbocycles. The normalized spacial score (nSPS) is 14.7. The zero-order valence-corrected chi connectivity index (χ0v) is 14.6. The van der Waals surface area contributed by atoms with Crippen LogP contribution in [-0.4, -0.2) is 19.0 Å². The van der Waals surface area contributed by atoms with E-state index in [9.17, 15) is 9.59 Å². The fourth-order valence-electron chi connectivity index (χ4n) is 2.91. The topological polar surface area (TPSA) is 81.4 Å². The molecule has 130 valence electrons. The third-order valence-corrected chi connectivity index (χ3v) is 4.74. The number of ether oxygens (including phenoxy) is 1. The van der Waals surface area contributed by atoms with Crippen molar-refractivity contribution in [2.24, 2.45) is 5.73 Å². The van der Waals surface area contributed by atoms with E-state index in [1.165, 1.54) is 7.11 Å². The fourth-order valence-corrected chi connectivity index (χ4v) is 3.04. The van der Waals surface area contributed by atoms with Gasteiger partial charge in [0.25, 0.3) is 0 Å². The number of methoxy groups -OCH3 is 1. The van der Waals surface area contributed by atoms with Gasteiger partial charge in [0.15, 0.2) is 0 Å². The summed E-state index contributed by atoms with van der Waals surface area (Å²) in [6.45, 7) is 0.260. The number of halogens is 1. The molecule has 0 atom stereocenters. The molecule has 0 heterocycles. The number of amides is 1. The molecule has 0 unspecified atom stereocenters. The Labute approximate surface area is 151 Å². The Bertz CT molecular complexity index is 814. The van der Waals surface area contributed by atoms with E-state index in [2.05, 4.69) is 5.32 Å². The molecule has 5 nitrogen and oxygen atoms in total. The first-order valence-corrected chi connectivity index (χ1v) is 8.36. The number of rotatable bonds is 5. The largest absolute Gasteiger partial charge is 0.465 e. The molecule has 0 spiro atoms. The SMILES string of the molecule is COC(=O)c1cc(CN)cc(NC(=O)C2(c3ccc(Cl)cc3)CC2)c1. The second-order valence-corrected chi connectivity index (χ2v) is 6.59. The Morgan fingerprint density at radius 3 is 2.44 bits per heavy atom. The molecule has 3 rings (SSSR count). The first-order chi connectivity index (χ1) is 12.0. The Balaban J connectivity index is 1.85. The molecule has 0 aliphatic heterocycles. The lowest BCUT2D eigenvalue weighted by Gasteiger charge is -2.17. The maximum atomic E-state index is 12.8. The Kier molecular flexibility index (Phi) is 4.79. The van der Waals surface area contributed by atoms with E-state index in [1.54, 1.807) is 30.3 Å². The van der Waals surface area contributed by atoms with Gasteiger partial charge in [0.2, 0.25) is 5.91 Å². The second-order valence-electron chi connectivity index (χ2n) is 6.16. The number of nitrogens with one attached hydrogen (secondary N) is 1. The maximum Gasteiger partial charge on any atom is 0.337 e. The highest BCUT2D eigenvalue weighted by atomic mass is 35.5. The molecule has 1 amide bonds. The number of benzene rings is 2. The van der Waals surface area contributed by atoms with E-state index in [1.807, 2.05) is 12.1 Å². The van der Waals surface area contributed by atoms with Crippen molar-refractivity contribution >= 4 is 29.2 Å². The zero-order chi connectivity index (χ0) is 18.0. The van der Waals surface area contributed by atoms with E-state index in [4.69, 9.17) is 22.1 Å². The average molecular weight is 359 g/mol. The lowest BCUT2D eigenvalue weighted by Crippen LogP contribution is -2.28. The van der Waals surface area contributed by atoms with Gasteiger partial charge in [-0.25, -0.2) is 4.79 Å². The minimum atomic E-state index is -0.533. The molecule has 0 aromatic heterocycles. The predicted molar refractivity (Wildman–Crippen MR) is 96.7 cm³/mol. The fraction of sp³-hybridized carbons (Fsp3) is 0.263. The quantitative estimate of drug-likeness (QED) is 0.804. The van der Waals surface area contributed by atoms with Crippen molar-refractivity contribution in [3.63, 3.8) is 0 Å². The van der Waals surface area contributed by atoms with Crippen LogP contribution < -0.4 is 11.1 Å². The Morgan fingerprint density at radius 2 is 1.88 bits per heavy atom. The van der Waals surface area contributed by atoms with E-state index in [0.717, 1.165) is 24.0 Å². The van der Waals surface area contributed by atoms with Crippen LogP contribution in [0, 0.1) is 0 Å². The molecule has 3 N–H and O–H groups in total. The maximum absolute atomic E-state index is 12.8. The van der Waals surface area contributed by atoms with Gasteiger partial charge in [-0.15, -0.1) is 0 Å². The lowest BCUT2D eigenvalue weighted by molar-refractivity contribution is -0.118. The van der Waals surface area contributed by atoms with Crippen LogP contribution in [0.15, 0.2) is 42.5 Å². The third kappa shape index (κ3) is 3.52. The van der Waals surface area contributed by atoms with Crippen molar-refractivity contribution in [2.45, 2.75) is 24.8 Å². The number of hydrogen-bond acceptors (Lipinski definition) is 4. The van der Waals surface area contributed by atoms with Crippen molar-refractivity contribution in [2.75, 3.05) is 12.4 Å². The van der Waals surface area contributed by atoms with Gasteiger partial charge in [0, 0.05) is 17.3 Å². The van der Waals surface area contributed by atoms with Crippen molar-refractivity contribution in [1.29, 1.82) is 0 Å². The van der Waals surface area contributed by atoms with Crippen LogP contribution in [0.1, 0.15) is 34.3 Å². The minimum Gasteiger partial charge on any atom is -0.465 e. The molecule has 2 aromatic rings. The van der Waals surface area contributed by atoms with Crippen molar-refractivity contribution in [3.8, 4) is 0 Å². The van der Waals surface area contributed by atoms with Gasteiger partial charge < -0.3 is 15.8 Å². The monoisotopic (exact) mass is 358 g/mol. The first-order valence-electron chi connectivity index (χ1n) is 7.98. The smallest absolute Gasteiger partial charge is 0.337 e. The summed E-state index contributed by atoms with van der Waals surface area (Å²) in [6, 6.07) is 12.4. The van der Waals surface area contributed by atoms with Crippen LogP contribution in [0.3, 0.4) is 0 Å².